The Morgan fingerprint density at radius 3 is 2.95 bits per heavy atom. The normalized spacial score (nSPS) is 18.0. The molecule has 3 rings (SSSR count). The maximum Gasteiger partial charge on any atom is 0.110 e. The predicted molar refractivity (Wildman–Crippen MR) is 77.5 cm³/mol. The van der Waals surface area contributed by atoms with Gasteiger partial charge in [0, 0.05) is 19.1 Å². The average molecular weight is 269 g/mol. The molecule has 1 unspecified atom stereocenters. The van der Waals surface area contributed by atoms with Crippen molar-refractivity contribution in [2.45, 2.75) is 38.0 Å². The summed E-state index contributed by atoms with van der Waals surface area (Å²) in [5, 5.41) is 9.17. The van der Waals surface area contributed by atoms with Crippen molar-refractivity contribution in [2.24, 2.45) is 0 Å². The summed E-state index contributed by atoms with van der Waals surface area (Å²) in [5.74, 6) is 1.50. The number of imidazole rings is 1. The fourth-order valence-electron chi connectivity index (χ4n) is 2.83. The SMILES string of the molecule is CCC(C#N)c1ccc2nc(C3CCOCC3)[nH]c2c1. The molecule has 0 aliphatic carbocycles. The van der Waals surface area contributed by atoms with Crippen LogP contribution in [0.1, 0.15) is 49.4 Å². The summed E-state index contributed by atoms with van der Waals surface area (Å²) in [6.45, 7) is 3.68. The van der Waals surface area contributed by atoms with E-state index in [2.05, 4.69) is 17.1 Å². The van der Waals surface area contributed by atoms with Crippen molar-refractivity contribution in [1.29, 1.82) is 5.26 Å². The largest absolute Gasteiger partial charge is 0.381 e. The zero-order chi connectivity index (χ0) is 13.9. The van der Waals surface area contributed by atoms with E-state index in [0.717, 1.165) is 54.9 Å². The van der Waals surface area contributed by atoms with E-state index in [1.165, 1.54) is 0 Å². The smallest absolute Gasteiger partial charge is 0.110 e. The first-order chi connectivity index (χ1) is 9.81. The summed E-state index contributed by atoms with van der Waals surface area (Å²) in [7, 11) is 0. The fourth-order valence-corrected chi connectivity index (χ4v) is 2.83. The van der Waals surface area contributed by atoms with Crippen molar-refractivity contribution in [1.82, 2.24) is 9.97 Å². The van der Waals surface area contributed by atoms with E-state index < -0.39 is 0 Å². The number of nitriles is 1. The van der Waals surface area contributed by atoms with Crippen molar-refractivity contribution in [2.75, 3.05) is 13.2 Å². The van der Waals surface area contributed by atoms with Crippen LogP contribution in [-0.4, -0.2) is 23.2 Å². The van der Waals surface area contributed by atoms with Gasteiger partial charge in [-0.25, -0.2) is 4.98 Å². The Labute approximate surface area is 118 Å². The summed E-state index contributed by atoms with van der Waals surface area (Å²) in [4.78, 5) is 8.13. The van der Waals surface area contributed by atoms with E-state index in [9.17, 15) is 5.26 Å². The number of nitrogens with zero attached hydrogens (tertiary/aromatic N) is 2. The minimum Gasteiger partial charge on any atom is -0.381 e. The van der Waals surface area contributed by atoms with Gasteiger partial charge in [-0.2, -0.15) is 5.26 Å². The molecule has 0 saturated carbocycles. The van der Waals surface area contributed by atoms with E-state index >= 15 is 0 Å². The lowest BCUT2D eigenvalue weighted by atomic mass is 9.98. The first kappa shape index (κ1) is 13.1. The number of hydrogen-bond donors (Lipinski definition) is 1. The molecule has 4 nitrogen and oxygen atoms in total. The molecule has 1 aromatic carbocycles. The molecule has 1 fully saturated rings. The summed E-state index contributed by atoms with van der Waals surface area (Å²) in [5.41, 5.74) is 3.10. The number of ether oxygens (including phenoxy) is 1. The Balaban J connectivity index is 1.93. The van der Waals surface area contributed by atoms with Crippen LogP contribution in [0.2, 0.25) is 0 Å². The minimum atomic E-state index is -0.0331. The molecule has 0 amide bonds. The van der Waals surface area contributed by atoms with Crippen LogP contribution in [0, 0.1) is 11.3 Å². The third-order valence-electron chi connectivity index (χ3n) is 4.10. The van der Waals surface area contributed by atoms with Gasteiger partial charge < -0.3 is 9.72 Å². The molecule has 0 radical (unpaired) electrons. The summed E-state index contributed by atoms with van der Waals surface area (Å²) >= 11 is 0. The molecule has 1 atom stereocenters. The lowest BCUT2D eigenvalue weighted by molar-refractivity contribution is 0.0838. The molecule has 1 N–H and O–H groups in total. The van der Waals surface area contributed by atoms with Crippen molar-refractivity contribution in [3.63, 3.8) is 0 Å². The second-order valence-electron chi connectivity index (χ2n) is 5.38. The van der Waals surface area contributed by atoms with Gasteiger partial charge in [0.2, 0.25) is 0 Å². The first-order valence-corrected chi connectivity index (χ1v) is 7.28. The van der Waals surface area contributed by atoms with Crippen LogP contribution in [0.25, 0.3) is 11.0 Å². The third kappa shape index (κ3) is 2.41. The molecule has 1 saturated heterocycles. The van der Waals surface area contributed by atoms with Gasteiger partial charge >= 0.3 is 0 Å². The van der Waals surface area contributed by atoms with Gasteiger partial charge in [0.05, 0.1) is 23.0 Å². The molecule has 2 aromatic rings. The lowest BCUT2D eigenvalue weighted by Gasteiger charge is -2.19. The Morgan fingerprint density at radius 2 is 2.25 bits per heavy atom. The number of rotatable bonds is 3. The van der Waals surface area contributed by atoms with Gasteiger partial charge in [-0.1, -0.05) is 13.0 Å². The van der Waals surface area contributed by atoms with Crippen molar-refractivity contribution in [3.05, 3.63) is 29.6 Å². The summed E-state index contributed by atoms with van der Waals surface area (Å²) < 4.78 is 5.40. The second-order valence-corrected chi connectivity index (χ2v) is 5.38. The molecule has 20 heavy (non-hydrogen) atoms. The van der Waals surface area contributed by atoms with Crippen LogP contribution >= 0.6 is 0 Å². The van der Waals surface area contributed by atoms with Gasteiger partial charge in [0.15, 0.2) is 0 Å². The maximum atomic E-state index is 9.17. The molecule has 1 aromatic heterocycles. The Kier molecular flexibility index (Phi) is 3.70. The number of aromatic amines is 1. The van der Waals surface area contributed by atoms with Gasteiger partial charge in [-0.05, 0) is 37.0 Å². The third-order valence-corrected chi connectivity index (χ3v) is 4.10. The lowest BCUT2D eigenvalue weighted by Crippen LogP contribution is -2.15. The first-order valence-electron chi connectivity index (χ1n) is 7.28. The highest BCUT2D eigenvalue weighted by molar-refractivity contribution is 5.76. The molecule has 1 aliphatic rings. The van der Waals surface area contributed by atoms with Crippen molar-refractivity contribution in [3.8, 4) is 6.07 Å². The van der Waals surface area contributed by atoms with Gasteiger partial charge in [-0.3, -0.25) is 0 Å². The number of hydrogen-bond acceptors (Lipinski definition) is 3. The van der Waals surface area contributed by atoms with Crippen LogP contribution in [0.3, 0.4) is 0 Å². The second kappa shape index (κ2) is 5.64. The Morgan fingerprint density at radius 1 is 1.45 bits per heavy atom. The molecule has 4 heteroatoms. The number of aromatic nitrogens is 2. The van der Waals surface area contributed by atoms with Crippen LogP contribution in [0.4, 0.5) is 0 Å². The van der Waals surface area contributed by atoms with Crippen LogP contribution in [0.15, 0.2) is 18.2 Å². The van der Waals surface area contributed by atoms with Gasteiger partial charge in [0.1, 0.15) is 5.82 Å². The molecule has 2 heterocycles. The van der Waals surface area contributed by atoms with Crippen molar-refractivity contribution < 1.29 is 4.74 Å². The average Bonchev–Trinajstić information content (AvgIpc) is 2.93. The van der Waals surface area contributed by atoms with Crippen LogP contribution in [0.5, 0.6) is 0 Å². The van der Waals surface area contributed by atoms with Crippen LogP contribution in [-0.2, 0) is 4.74 Å². The van der Waals surface area contributed by atoms with Gasteiger partial charge in [0.25, 0.3) is 0 Å². The fraction of sp³-hybridized carbons (Fsp3) is 0.500. The van der Waals surface area contributed by atoms with Gasteiger partial charge in [-0.15, -0.1) is 0 Å². The molecular weight excluding hydrogens is 250 g/mol. The number of nitrogens with one attached hydrogen (secondary N) is 1. The maximum absolute atomic E-state index is 9.17. The van der Waals surface area contributed by atoms with E-state index in [0.29, 0.717) is 5.92 Å². The minimum absolute atomic E-state index is 0.0331. The van der Waals surface area contributed by atoms with E-state index in [1.54, 1.807) is 0 Å². The van der Waals surface area contributed by atoms with E-state index in [-0.39, 0.29) is 5.92 Å². The topological polar surface area (TPSA) is 61.7 Å². The summed E-state index contributed by atoms with van der Waals surface area (Å²) in [6, 6.07) is 8.46. The molecular formula is C16H19N3O. The predicted octanol–water partition coefficient (Wildman–Crippen LogP) is 3.47. The standard InChI is InChI=1S/C16H19N3O/c1-2-11(10-17)13-3-4-14-15(9-13)19-16(18-14)12-5-7-20-8-6-12/h3-4,9,11-12H,2,5-8H2,1H3,(H,18,19). The zero-order valence-electron chi connectivity index (χ0n) is 11.7. The molecule has 1 aliphatic heterocycles. The molecule has 0 spiro atoms. The molecule has 0 bridgehead atoms. The quantitative estimate of drug-likeness (QED) is 0.928. The van der Waals surface area contributed by atoms with E-state index in [4.69, 9.17) is 9.72 Å². The Hall–Kier alpha value is -1.86. The van der Waals surface area contributed by atoms with Crippen LogP contribution < -0.4 is 0 Å². The highest BCUT2D eigenvalue weighted by Gasteiger charge is 2.19. The highest BCUT2D eigenvalue weighted by Crippen LogP contribution is 2.28. The monoisotopic (exact) mass is 269 g/mol. The summed E-state index contributed by atoms with van der Waals surface area (Å²) in [6.07, 6.45) is 2.90. The Bertz CT molecular complexity index is 635. The number of H-pyrrole nitrogens is 1. The van der Waals surface area contributed by atoms with Crippen molar-refractivity contribution >= 4 is 11.0 Å². The highest BCUT2D eigenvalue weighted by atomic mass is 16.5. The zero-order valence-corrected chi connectivity index (χ0v) is 11.7. The molecule has 104 valence electrons. The van der Waals surface area contributed by atoms with E-state index in [1.807, 2.05) is 19.1 Å². The number of fused-ring (bicyclic) bond motifs is 1. The number of benzene rings is 1.